The third-order valence-electron chi connectivity index (χ3n) is 4.41. The fourth-order valence-corrected chi connectivity index (χ4v) is 3.61. The SMILES string of the molecule is CC(=O)c1ccc(Br)nc1.O=C(CC(O)(c1cc(Cl)cc(Cl)c1)C(F)(F)F)c1ccc(Br)nc1. The first-order valence-corrected chi connectivity index (χ1v) is 11.6. The van der Waals surface area contributed by atoms with Gasteiger partial charge in [-0.2, -0.15) is 13.2 Å². The fraction of sp³-hybridized carbons (Fsp3) is 0.182. The second kappa shape index (κ2) is 11.7. The number of nitrogens with zero attached hydrogens (tertiary/aromatic N) is 2. The van der Waals surface area contributed by atoms with Crippen molar-refractivity contribution in [3.63, 3.8) is 0 Å². The quantitative estimate of drug-likeness (QED) is 0.235. The molecule has 0 bridgehead atoms. The molecule has 2 heterocycles. The molecule has 3 aromatic rings. The predicted molar refractivity (Wildman–Crippen MR) is 129 cm³/mol. The molecule has 0 aliphatic rings. The molecule has 0 aliphatic carbocycles. The molecule has 12 heteroatoms. The summed E-state index contributed by atoms with van der Waals surface area (Å²) in [6.45, 7) is 1.52. The number of aliphatic hydroxyl groups is 1. The van der Waals surface area contributed by atoms with Gasteiger partial charge in [0.1, 0.15) is 9.21 Å². The summed E-state index contributed by atoms with van der Waals surface area (Å²) in [4.78, 5) is 30.6. The molecule has 1 N–H and O–H groups in total. The number of rotatable bonds is 5. The van der Waals surface area contributed by atoms with Crippen LogP contribution < -0.4 is 0 Å². The molecule has 0 radical (unpaired) electrons. The third-order valence-corrected chi connectivity index (χ3v) is 5.78. The number of hydrogen-bond donors (Lipinski definition) is 1. The molecule has 0 spiro atoms. The number of carbonyl (C=O) groups excluding carboxylic acids is 2. The van der Waals surface area contributed by atoms with Crippen molar-refractivity contribution >= 4 is 66.6 Å². The Morgan fingerprint density at radius 1 is 0.912 bits per heavy atom. The van der Waals surface area contributed by atoms with Gasteiger partial charge < -0.3 is 5.11 Å². The van der Waals surface area contributed by atoms with Crippen LogP contribution in [0.2, 0.25) is 10.0 Å². The normalized spacial score (nSPS) is 12.9. The Balaban J connectivity index is 0.000000340. The van der Waals surface area contributed by atoms with Crippen molar-refractivity contribution in [1.82, 2.24) is 9.97 Å². The molecule has 1 unspecified atom stereocenters. The first-order valence-electron chi connectivity index (χ1n) is 9.26. The molecule has 1 aromatic carbocycles. The molecule has 3 rings (SSSR count). The Bertz CT molecular complexity index is 1160. The first-order chi connectivity index (χ1) is 15.7. The van der Waals surface area contributed by atoms with Gasteiger partial charge in [0.2, 0.25) is 0 Å². The topological polar surface area (TPSA) is 80.2 Å². The molecule has 34 heavy (non-hydrogen) atoms. The summed E-state index contributed by atoms with van der Waals surface area (Å²) in [6, 6.07) is 9.28. The summed E-state index contributed by atoms with van der Waals surface area (Å²) >= 11 is 17.7. The van der Waals surface area contributed by atoms with Crippen LogP contribution in [0.3, 0.4) is 0 Å². The number of Topliss-reactive ketones (excluding diaryl/α,β-unsaturated/α-hetero) is 2. The van der Waals surface area contributed by atoms with E-state index in [0.717, 1.165) is 22.9 Å². The van der Waals surface area contributed by atoms with E-state index in [1.165, 1.54) is 25.1 Å². The van der Waals surface area contributed by atoms with E-state index < -0.39 is 29.5 Å². The minimum atomic E-state index is -5.11. The average molecular weight is 643 g/mol. The van der Waals surface area contributed by atoms with E-state index in [0.29, 0.717) is 10.2 Å². The smallest absolute Gasteiger partial charge is 0.376 e. The van der Waals surface area contributed by atoms with Crippen LogP contribution in [-0.2, 0) is 5.60 Å². The number of pyridine rings is 2. The summed E-state index contributed by atoms with van der Waals surface area (Å²) < 4.78 is 41.6. The van der Waals surface area contributed by atoms with E-state index in [9.17, 15) is 27.9 Å². The first kappa shape index (κ1) is 28.4. The van der Waals surface area contributed by atoms with Crippen molar-refractivity contribution in [3.05, 3.63) is 90.8 Å². The maximum atomic E-state index is 13.5. The highest BCUT2D eigenvalue weighted by molar-refractivity contribution is 9.10. The Hall–Kier alpha value is -1.85. The number of aromatic nitrogens is 2. The van der Waals surface area contributed by atoms with Crippen molar-refractivity contribution in [2.45, 2.75) is 25.1 Å². The highest BCUT2D eigenvalue weighted by atomic mass is 79.9. The van der Waals surface area contributed by atoms with Crippen molar-refractivity contribution in [2.75, 3.05) is 0 Å². The van der Waals surface area contributed by atoms with Crippen LogP contribution in [0.5, 0.6) is 0 Å². The number of carbonyl (C=O) groups is 2. The van der Waals surface area contributed by atoms with Crippen LogP contribution >= 0.6 is 55.1 Å². The van der Waals surface area contributed by atoms with Gasteiger partial charge in [0.15, 0.2) is 17.2 Å². The lowest BCUT2D eigenvalue weighted by Crippen LogP contribution is -2.44. The highest BCUT2D eigenvalue weighted by Crippen LogP contribution is 2.43. The summed E-state index contributed by atoms with van der Waals surface area (Å²) in [5.74, 6) is -0.883. The molecule has 0 fully saturated rings. The van der Waals surface area contributed by atoms with Gasteiger partial charge in [-0.3, -0.25) is 9.59 Å². The van der Waals surface area contributed by atoms with E-state index in [-0.39, 0.29) is 21.4 Å². The number of hydrogen-bond acceptors (Lipinski definition) is 5. The maximum Gasteiger partial charge on any atom is 0.421 e. The third kappa shape index (κ3) is 7.58. The number of ketones is 2. The van der Waals surface area contributed by atoms with Crippen molar-refractivity contribution in [2.24, 2.45) is 0 Å². The average Bonchev–Trinajstić information content (AvgIpc) is 2.73. The van der Waals surface area contributed by atoms with Gasteiger partial charge in [-0.15, -0.1) is 0 Å². The molecular weight excluding hydrogens is 628 g/mol. The molecule has 0 saturated heterocycles. The van der Waals surface area contributed by atoms with Crippen LogP contribution in [0.15, 0.2) is 64.1 Å². The highest BCUT2D eigenvalue weighted by Gasteiger charge is 2.56. The molecule has 180 valence electrons. The van der Waals surface area contributed by atoms with E-state index in [4.69, 9.17) is 23.2 Å². The van der Waals surface area contributed by atoms with Gasteiger partial charge in [0.05, 0.1) is 6.42 Å². The second-order valence-corrected chi connectivity index (χ2v) is 9.41. The Morgan fingerprint density at radius 3 is 1.76 bits per heavy atom. The fourth-order valence-electron chi connectivity index (χ4n) is 2.62. The predicted octanol–water partition coefficient (Wildman–Crippen LogP) is 7.22. The zero-order valence-corrected chi connectivity index (χ0v) is 21.9. The van der Waals surface area contributed by atoms with E-state index >= 15 is 0 Å². The van der Waals surface area contributed by atoms with Gasteiger partial charge in [-0.25, -0.2) is 9.97 Å². The Labute approximate surface area is 219 Å². The lowest BCUT2D eigenvalue weighted by atomic mass is 9.86. The number of halogens is 7. The van der Waals surface area contributed by atoms with Crippen LogP contribution in [-0.4, -0.2) is 32.8 Å². The summed E-state index contributed by atoms with van der Waals surface area (Å²) in [5, 5.41) is 10.1. The van der Waals surface area contributed by atoms with Crippen LogP contribution in [0.25, 0.3) is 0 Å². The maximum absolute atomic E-state index is 13.5. The van der Waals surface area contributed by atoms with Gasteiger partial charge in [-0.1, -0.05) is 23.2 Å². The van der Waals surface area contributed by atoms with Crippen LogP contribution in [0.4, 0.5) is 13.2 Å². The molecule has 1 atom stereocenters. The molecule has 0 aliphatic heterocycles. The molecule has 0 amide bonds. The lowest BCUT2D eigenvalue weighted by molar-refractivity contribution is -0.264. The van der Waals surface area contributed by atoms with Gasteiger partial charge in [0.25, 0.3) is 0 Å². The molecule has 5 nitrogen and oxygen atoms in total. The minimum Gasteiger partial charge on any atom is -0.376 e. The van der Waals surface area contributed by atoms with Crippen molar-refractivity contribution < 1.29 is 27.9 Å². The number of benzene rings is 1. The standard InChI is InChI=1S/C15H9BrCl2F3NO2.C7H6BrNO/c16-13-2-1-8(7-22-13)12(23)6-14(24,15(19,20)21)9-3-10(17)5-11(18)4-9;1-5(10)6-2-3-7(8)9-4-6/h1-5,7,24H,6H2;2-4H,1H3. The van der Waals surface area contributed by atoms with Gasteiger partial charge in [-0.05, 0) is 86.8 Å². The number of alkyl halides is 3. The minimum absolute atomic E-state index is 0.0417. The zero-order valence-electron chi connectivity index (χ0n) is 17.2. The summed E-state index contributed by atoms with van der Waals surface area (Å²) in [7, 11) is 0. The monoisotopic (exact) mass is 640 g/mol. The second-order valence-electron chi connectivity index (χ2n) is 6.91. The Kier molecular flexibility index (Phi) is 9.79. The van der Waals surface area contributed by atoms with Crippen molar-refractivity contribution in [3.8, 4) is 0 Å². The largest absolute Gasteiger partial charge is 0.421 e. The molecule has 0 saturated carbocycles. The van der Waals surface area contributed by atoms with Gasteiger partial charge in [0, 0.05) is 33.6 Å². The molecular formula is C22H15Br2Cl2F3N2O3. The van der Waals surface area contributed by atoms with Crippen molar-refractivity contribution in [1.29, 1.82) is 0 Å². The van der Waals surface area contributed by atoms with E-state index in [1.54, 1.807) is 18.3 Å². The summed E-state index contributed by atoms with van der Waals surface area (Å²) in [6.07, 6.45) is -3.67. The Morgan fingerprint density at radius 2 is 1.38 bits per heavy atom. The molecule has 2 aromatic heterocycles. The van der Waals surface area contributed by atoms with E-state index in [2.05, 4.69) is 41.8 Å². The van der Waals surface area contributed by atoms with Crippen LogP contribution in [0, 0.1) is 0 Å². The summed E-state index contributed by atoms with van der Waals surface area (Å²) in [5.41, 5.74) is -3.45. The zero-order chi connectivity index (χ0) is 25.7. The van der Waals surface area contributed by atoms with Crippen LogP contribution in [0.1, 0.15) is 39.6 Å². The lowest BCUT2D eigenvalue weighted by Gasteiger charge is -2.30. The van der Waals surface area contributed by atoms with Gasteiger partial charge >= 0.3 is 6.18 Å². The van der Waals surface area contributed by atoms with E-state index in [1.807, 2.05) is 0 Å².